The van der Waals surface area contributed by atoms with Gasteiger partial charge in [0.15, 0.2) is 0 Å². The van der Waals surface area contributed by atoms with Crippen LogP contribution in [0.1, 0.15) is 63.0 Å². The van der Waals surface area contributed by atoms with Gasteiger partial charge in [-0.2, -0.15) is 0 Å². The highest BCUT2D eigenvalue weighted by molar-refractivity contribution is 5.93. The molecule has 2 aliphatic heterocycles. The molecule has 9 heteroatoms. The number of hydrogen-bond donors (Lipinski definition) is 1. The van der Waals surface area contributed by atoms with Crippen LogP contribution in [0.4, 0.5) is 10.7 Å². The first-order chi connectivity index (χ1) is 15.8. The zero-order valence-corrected chi connectivity index (χ0v) is 19.7. The van der Waals surface area contributed by atoms with E-state index in [1.54, 1.807) is 17.3 Å². The minimum absolute atomic E-state index is 0.0380. The minimum atomic E-state index is -0.496. The lowest BCUT2D eigenvalue weighted by Gasteiger charge is -2.35. The molecule has 0 bridgehead atoms. The SMILES string of the molecule is CC(C)(C)OC(=O)N1CCC(n2cccc2C(=O)NC2CCN(c3ncccn3)CC2)CC1. The van der Waals surface area contributed by atoms with Crippen molar-refractivity contribution in [3.8, 4) is 0 Å². The Hall–Kier alpha value is -3.10. The molecule has 0 aromatic carbocycles. The number of aromatic nitrogens is 3. The molecule has 0 spiro atoms. The summed E-state index contributed by atoms with van der Waals surface area (Å²) >= 11 is 0. The number of amides is 2. The molecule has 0 radical (unpaired) electrons. The second-order valence-electron chi connectivity index (χ2n) is 9.78. The number of likely N-dealkylation sites (tertiary alicyclic amines) is 1. The smallest absolute Gasteiger partial charge is 0.410 e. The maximum Gasteiger partial charge on any atom is 0.410 e. The molecule has 0 atom stereocenters. The van der Waals surface area contributed by atoms with Crippen molar-refractivity contribution < 1.29 is 14.3 Å². The highest BCUT2D eigenvalue weighted by Gasteiger charge is 2.29. The average molecular weight is 455 g/mol. The molecule has 2 aliphatic rings. The molecule has 2 aromatic rings. The van der Waals surface area contributed by atoms with Crippen molar-refractivity contribution in [1.29, 1.82) is 0 Å². The number of ether oxygens (including phenoxy) is 1. The van der Waals surface area contributed by atoms with E-state index in [9.17, 15) is 9.59 Å². The largest absolute Gasteiger partial charge is 0.444 e. The summed E-state index contributed by atoms with van der Waals surface area (Å²) in [6, 6.07) is 5.94. The summed E-state index contributed by atoms with van der Waals surface area (Å²) in [7, 11) is 0. The van der Waals surface area contributed by atoms with Crippen molar-refractivity contribution in [1.82, 2.24) is 24.8 Å². The first-order valence-electron chi connectivity index (χ1n) is 11.8. The molecular formula is C24H34N6O3. The van der Waals surface area contributed by atoms with Gasteiger partial charge >= 0.3 is 6.09 Å². The van der Waals surface area contributed by atoms with Crippen LogP contribution in [0, 0.1) is 0 Å². The summed E-state index contributed by atoms with van der Waals surface area (Å²) in [5, 5.41) is 3.21. The second-order valence-corrected chi connectivity index (χ2v) is 9.78. The molecule has 4 rings (SSSR count). The standard InChI is InChI=1S/C24H34N6O3/c1-24(2,3)33-23(32)29-16-9-19(10-17-29)30-13-4-6-20(30)21(31)27-18-7-14-28(15-8-18)22-25-11-5-12-26-22/h4-6,11-13,18-19H,7-10,14-17H2,1-3H3,(H,27,31). The molecule has 9 nitrogen and oxygen atoms in total. The van der Waals surface area contributed by atoms with Gasteiger partial charge in [0.25, 0.3) is 5.91 Å². The fourth-order valence-corrected chi connectivity index (χ4v) is 4.50. The van der Waals surface area contributed by atoms with Crippen LogP contribution in [0.5, 0.6) is 0 Å². The molecule has 33 heavy (non-hydrogen) atoms. The van der Waals surface area contributed by atoms with Crippen LogP contribution in [0.25, 0.3) is 0 Å². The van der Waals surface area contributed by atoms with E-state index < -0.39 is 5.60 Å². The molecule has 1 N–H and O–H groups in total. The van der Waals surface area contributed by atoms with Gasteiger partial charge in [0.2, 0.25) is 5.95 Å². The third-order valence-corrected chi connectivity index (χ3v) is 6.19. The minimum Gasteiger partial charge on any atom is -0.444 e. The molecule has 178 valence electrons. The highest BCUT2D eigenvalue weighted by Crippen LogP contribution is 2.26. The maximum absolute atomic E-state index is 13.1. The van der Waals surface area contributed by atoms with Gasteiger partial charge in [-0.15, -0.1) is 0 Å². The third kappa shape index (κ3) is 5.83. The number of nitrogens with one attached hydrogen (secondary N) is 1. The Balaban J connectivity index is 1.29. The Kier molecular flexibility index (Phi) is 6.85. The van der Waals surface area contributed by atoms with Crippen LogP contribution >= 0.6 is 0 Å². The quantitative estimate of drug-likeness (QED) is 0.762. The van der Waals surface area contributed by atoms with Crippen LogP contribution < -0.4 is 10.2 Å². The molecule has 2 saturated heterocycles. The summed E-state index contributed by atoms with van der Waals surface area (Å²) < 4.78 is 7.55. The Morgan fingerprint density at radius 1 is 1.00 bits per heavy atom. The Morgan fingerprint density at radius 3 is 2.30 bits per heavy atom. The zero-order valence-electron chi connectivity index (χ0n) is 19.7. The number of carbonyl (C=O) groups excluding carboxylic acids is 2. The van der Waals surface area contributed by atoms with E-state index in [1.807, 2.05) is 45.2 Å². The first kappa shape index (κ1) is 23.1. The summed E-state index contributed by atoms with van der Waals surface area (Å²) in [6.45, 7) is 8.51. The van der Waals surface area contributed by atoms with Gasteiger partial charge in [-0.05, 0) is 64.7 Å². The lowest BCUT2D eigenvalue weighted by Crippen LogP contribution is -2.46. The molecular weight excluding hydrogens is 420 g/mol. The molecule has 0 saturated carbocycles. The van der Waals surface area contributed by atoms with Crippen molar-refractivity contribution in [3.05, 3.63) is 42.5 Å². The number of anilines is 1. The lowest BCUT2D eigenvalue weighted by molar-refractivity contribution is 0.0187. The predicted octanol–water partition coefficient (Wildman–Crippen LogP) is 3.25. The monoisotopic (exact) mass is 454 g/mol. The van der Waals surface area contributed by atoms with Gasteiger partial charge in [0.1, 0.15) is 11.3 Å². The van der Waals surface area contributed by atoms with Crippen LogP contribution in [0.3, 0.4) is 0 Å². The average Bonchev–Trinajstić information content (AvgIpc) is 3.29. The van der Waals surface area contributed by atoms with Gasteiger partial charge in [0, 0.05) is 56.9 Å². The number of carbonyl (C=O) groups is 2. The normalized spacial score (nSPS) is 18.3. The summed E-state index contributed by atoms with van der Waals surface area (Å²) in [4.78, 5) is 38.0. The number of piperidine rings is 2. The van der Waals surface area contributed by atoms with E-state index in [2.05, 4.69) is 24.8 Å². The maximum atomic E-state index is 13.1. The number of hydrogen-bond acceptors (Lipinski definition) is 6. The van der Waals surface area contributed by atoms with Gasteiger partial charge < -0.3 is 24.4 Å². The molecule has 0 unspecified atom stereocenters. The van der Waals surface area contributed by atoms with Crippen molar-refractivity contribution in [2.24, 2.45) is 0 Å². The van der Waals surface area contributed by atoms with E-state index in [0.29, 0.717) is 18.8 Å². The Labute approximate surface area is 195 Å². The van der Waals surface area contributed by atoms with Gasteiger partial charge in [-0.25, -0.2) is 14.8 Å². The van der Waals surface area contributed by atoms with E-state index >= 15 is 0 Å². The van der Waals surface area contributed by atoms with Crippen molar-refractivity contribution in [2.45, 2.75) is 64.1 Å². The van der Waals surface area contributed by atoms with Crippen LogP contribution in [0.15, 0.2) is 36.8 Å². The van der Waals surface area contributed by atoms with E-state index in [4.69, 9.17) is 4.74 Å². The molecule has 0 aliphatic carbocycles. The fraction of sp³-hybridized carbons (Fsp3) is 0.583. The van der Waals surface area contributed by atoms with E-state index in [-0.39, 0.29) is 24.1 Å². The Morgan fingerprint density at radius 2 is 1.67 bits per heavy atom. The van der Waals surface area contributed by atoms with Gasteiger partial charge in [-0.3, -0.25) is 4.79 Å². The van der Waals surface area contributed by atoms with Crippen LogP contribution in [-0.2, 0) is 4.74 Å². The Bertz CT molecular complexity index is 939. The molecule has 2 aromatic heterocycles. The highest BCUT2D eigenvalue weighted by atomic mass is 16.6. The molecule has 2 fully saturated rings. The first-order valence-corrected chi connectivity index (χ1v) is 11.8. The topological polar surface area (TPSA) is 92.6 Å². The second kappa shape index (κ2) is 9.80. The molecule has 4 heterocycles. The molecule has 2 amide bonds. The van der Waals surface area contributed by atoms with E-state index in [0.717, 1.165) is 44.7 Å². The van der Waals surface area contributed by atoms with Gasteiger partial charge in [-0.1, -0.05) is 0 Å². The number of nitrogens with zero attached hydrogens (tertiary/aromatic N) is 5. The summed E-state index contributed by atoms with van der Waals surface area (Å²) in [5.74, 6) is 0.706. The third-order valence-electron chi connectivity index (χ3n) is 6.19. The van der Waals surface area contributed by atoms with Crippen LogP contribution in [-0.4, -0.2) is 69.3 Å². The summed E-state index contributed by atoms with van der Waals surface area (Å²) in [6.07, 6.45) is 8.52. The van der Waals surface area contributed by atoms with Crippen molar-refractivity contribution >= 4 is 17.9 Å². The van der Waals surface area contributed by atoms with E-state index in [1.165, 1.54) is 0 Å². The number of rotatable bonds is 4. The fourth-order valence-electron chi connectivity index (χ4n) is 4.50. The van der Waals surface area contributed by atoms with Crippen molar-refractivity contribution in [2.75, 3.05) is 31.1 Å². The van der Waals surface area contributed by atoms with Gasteiger partial charge in [0.05, 0.1) is 0 Å². The summed E-state index contributed by atoms with van der Waals surface area (Å²) in [5.41, 5.74) is 0.184. The predicted molar refractivity (Wildman–Crippen MR) is 125 cm³/mol. The zero-order chi connectivity index (χ0) is 23.4. The van der Waals surface area contributed by atoms with Crippen molar-refractivity contribution in [3.63, 3.8) is 0 Å². The lowest BCUT2D eigenvalue weighted by atomic mass is 10.0. The van der Waals surface area contributed by atoms with Crippen LogP contribution in [0.2, 0.25) is 0 Å².